The lowest BCUT2D eigenvalue weighted by atomic mass is 9.95. The van der Waals surface area contributed by atoms with Gasteiger partial charge in [0.15, 0.2) is 11.6 Å². The summed E-state index contributed by atoms with van der Waals surface area (Å²) in [5, 5.41) is 16.4. The summed E-state index contributed by atoms with van der Waals surface area (Å²) < 4.78 is 20.8. The van der Waals surface area contributed by atoms with Crippen LogP contribution >= 0.6 is 11.6 Å². The van der Waals surface area contributed by atoms with Gasteiger partial charge in [-0.1, -0.05) is 54.1 Å². The molecule has 2 N–H and O–H groups in total. The fourth-order valence-corrected chi connectivity index (χ4v) is 4.35. The Kier molecular flexibility index (Phi) is 6.62. The predicted octanol–water partition coefficient (Wildman–Crippen LogP) is 5.63. The highest BCUT2D eigenvalue weighted by molar-refractivity contribution is 6.31. The number of rotatable bonds is 8. The van der Waals surface area contributed by atoms with Gasteiger partial charge in [0, 0.05) is 17.0 Å². The number of anilines is 1. The highest BCUT2D eigenvalue weighted by Gasteiger charge is 2.51. The quantitative estimate of drug-likeness (QED) is 0.312. The van der Waals surface area contributed by atoms with Crippen LogP contribution in [0.15, 0.2) is 73.1 Å². The molecule has 0 radical (unpaired) electrons. The third-order valence-electron chi connectivity index (χ3n) is 6.39. The average Bonchev–Trinajstić information content (AvgIpc) is 3.65. The smallest absolute Gasteiger partial charge is 0.412 e. The number of nitrogens with zero attached hydrogens (tertiary/aromatic N) is 3. The summed E-state index contributed by atoms with van der Waals surface area (Å²) in [6.07, 6.45) is 3.36. The van der Waals surface area contributed by atoms with E-state index in [2.05, 4.69) is 15.4 Å². The van der Waals surface area contributed by atoms with E-state index in [0.717, 1.165) is 22.9 Å². The number of pyridine rings is 1. The van der Waals surface area contributed by atoms with Crippen molar-refractivity contribution in [1.29, 1.82) is 0 Å². The molecular formula is C27H22ClFN4O4. The SMILES string of the molecule is O=C(Nc1c(F)cnn1-c1ccc(-c2ccc(C3(C(=O)O)CC3)cc2)nc1)OCCc1ccccc1Cl. The molecule has 2 aromatic carbocycles. The summed E-state index contributed by atoms with van der Waals surface area (Å²) in [6.45, 7) is 0.0634. The Morgan fingerprint density at radius 2 is 1.84 bits per heavy atom. The molecule has 0 unspecified atom stereocenters. The number of amides is 1. The van der Waals surface area contributed by atoms with Crippen LogP contribution in [0.4, 0.5) is 15.0 Å². The Balaban J connectivity index is 1.25. The van der Waals surface area contributed by atoms with Crippen molar-refractivity contribution in [3.8, 4) is 16.9 Å². The fourth-order valence-electron chi connectivity index (χ4n) is 4.12. The molecule has 5 rings (SSSR count). The molecule has 1 aliphatic carbocycles. The maximum atomic E-state index is 14.4. The number of halogens is 2. The first-order valence-corrected chi connectivity index (χ1v) is 12.0. The van der Waals surface area contributed by atoms with Gasteiger partial charge >= 0.3 is 12.1 Å². The molecule has 2 aromatic heterocycles. The number of carboxylic acid groups (broad SMARTS) is 1. The van der Waals surface area contributed by atoms with Crippen LogP contribution in [0, 0.1) is 5.82 Å². The Morgan fingerprint density at radius 3 is 2.49 bits per heavy atom. The van der Waals surface area contributed by atoms with Crippen LogP contribution < -0.4 is 5.32 Å². The first-order chi connectivity index (χ1) is 17.9. The van der Waals surface area contributed by atoms with Crippen LogP contribution in [0.3, 0.4) is 0 Å². The van der Waals surface area contributed by atoms with Gasteiger partial charge in [-0.2, -0.15) is 5.10 Å². The second kappa shape index (κ2) is 10.0. The van der Waals surface area contributed by atoms with Gasteiger partial charge in [-0.3, -0.25) is 15.1 Å². The molecule has 37 heavy (non-hydrogen) atoms. The molecular weight excluding hydrogens is 499 g/mol. The second-order valence-electron chi connectivity index (χ2n) is 8.72. The number of hydrogen-bond acceptors (Lipinski definition) is 5. The maximum Gasteiger partial charge on any atom is 0.412 e. The van der Waals surface area contributed by atoms with Crippen molar-refractivity contribution in [2.24, 2.45) is 0 Å². The highest BCUT2D eigenvalue weighted by Crippen LogP contribution is 2.48. The molecule has 0 spiro atoms. The summed E-state index contributed by atoms with van der Waals surface area (Å²) in [5.74, 6) is -1.71. The predicted molar refractivity (Wildman–Crippen MR) is 135 cm³/mol. The number of carbonyl (C=O) groups excluding carboxylic acids is 1. The van der Waals surface area contributed by atoms with Crippen LogP contribution in [0.25, 0.3) is 16.9 Å². The van der Waals surface area contributed by atoms with E-state index in [1.165, 1.54) is 10.9 Å². The number of ether oxygens (including phenoxy) is 1. The molecule has 0 saturated heterocycles. The van der Waals surface area contributed by atoms with Gasteiger partial charge in [0.1, 0.15) is 0 Å². The molecule has 0 bridgehead atoms. The minimum atomic E-state index is -0.827. The normalized spacial score (nSPS) is 13.7. The molecule has 0 aliphatic heterocycles. The van der Waals surface area contributed by atoms with Gasteiger partial charge in [-0.05, 0) is 42.2 Å². The van der Waals surface area contributed by atoms with Crippen molar-refractivity contribution in [2.45, 2.75) is 24.7 Å². The van der Waals surface area contributed by atoms with Gasteiger partial charge in [0.2, 0.25) is 0 Å². The van der Waals surface area contributed by atoms with E-state index in [1.54, 1.807) is 18.2 Å². The minimum Gasteiger partial charge on any atom is -0.481 e. The van der Waals surface area contributed by atoms with E-state index in [-0.39, 0.29) is 12.4 Å². The standard InChI is InChI=1S/C27H22ClFN4O4/c28-21-4-2-1-3-17(21)11-14-37-26(36)32-24-22(29)16-31-33(24)20-9-10-23(30-15-20)18-5-7-19(8-6-18)27(12-13-27)25(34)35/h1-10,15-16H,11-14H2,(H,32,36)(H,34,35). The number of aromatic nitrogens is 3. The zero-order valence-electron chi connectivity index (χ0n) is 19.5. The third kappa shape index (κ3) is 5.03. The van der Waals surface area contributed by atoms with Gasteiger partial charge < -0.3 is 9.84 Å². The topological polar surface area (TPSA) is 106 Å². The number of nitrogens with one attached hydrogen (secondary N) is 1. The van der Waals surface area contributed by atoms with E-state index in [4.69, 9.17) is 16.3 Å². The van der Waals surface area contributed by atoms with Gasteiger partial charge in [-0.15, -0.1) is 0 Å². The van der Waals surface area contributed by atoms with Crippen LogP contribution in [-0.2, 0) is 21.4 Å². The third-order valence-corrected chi connectivity index (χ3v) is 6.76. The van der Waals surface area contributed by atoms with Gasteiger partial charge in [0.05, 0.1) is 35.8 Å². The van der Waals surface area contributed by atoms with Crippen molar-refractivity contribution >= 4 is 29.5 Å². The number of carboxylic acids is 1. The maximum absolute atomic E-state index is 14.4. The summed E-state index contributed by atoms with van der Waals surface area (Å²) >= 11 is 6.11. The van der Waals surface area contributed by atoms with Crippen LogP contribution in [0.2, 0.25) is 5.02 Å². The lowest BCUT2D eigenvalue weighted by Crippen LogP contribution is -2.19. The molecule has 10 heteroatoms. The Labute approximate surface area is 216 Å². The zero-order chi connectivity index (χ0) is 26.0. The summed E-state index contributed by atoms with van der Waals surface area (Å²) in [6, 6.07) is 18.0. The Morgan fingerprint density at radius 1 is 1.08 bits per heavy atom. The lowest BCUT2D eigenvalue weighted by molar-refractivity contribution is -0.140. The number of aliphatic carboxylic acids is 1. The summed E-state index contributed by atoms with van der Waals surface area (Å²) in [7, 11) is 0. The lowest BCUT2D eigenvalue weighted by Gasteiger charge is -2.12. The van der Waals surface area contributed by atoms with E-state index < -0.39 is 23.3 Å². The van der Waals surface area contributed by atoms with E-state index in [1.807, 2.05) is 42.5 Å². The number of benzene rings is 2. The molecule has 1 saturated carbocycles. The van der Waals surface area contributed by atoms with Gasteiger partial charge in [-0.25, -0.2) is 13.9 Å². The number of hydrogen-bond donors (Lipinski definition) is 2. The van der Waals surface area contributed by atoms with Crippen molar-refractivity contribution in [3.05, 3.63) is 95.0 Å². The van der Waals surface area contributed by atoms with Crippen LogP contribution in [0.5, 0.6) is 0 Å². The molecule has 1 amide bonds. The first-order valence-electron chi connectivity index (χ1n) is 11.6. The summed E-state index contributed by atoms with van der Waals surface area (Å²) in [4.78, 5) is 28.3. The van der Waals surface area contributed by atoms with Crippen LogP contribution in [-0.4, -0.2) is 38.5 Å². The molecule has 4 aromatic rings. The molecule has 1 aliphatic rings. The number of carbonyl (C=O) groups is 2. The molecule has 1 fully saturated rings. The van der Waals surface area contributed by atoms with Gasteiger partial charge in [0.25, 0.3) is 0 Å². The summed E-state index contributed by atoms with van der Waals surface area (Å²) in [5.41, 5.74) is 2.74. The van der Waals surface area contributed by atoms with Crippen molar-refractivity contribution in [1.82, 2.24) is 14.8 Å². The zero-order valence-corrected chi connectivity index (χ0v) is 20.3. The van der Waals surface area contributed by atoms with E-state index in [9.17, 15) is 19.1 Å². The molecule has 2 heterocycles. The van der Waals surface area contributed by atoms with Crippen LogP contribution in [0.1, 0.15) is 24.0 Å². The van der Waals surface area contributed by atoms with E-state index in [0.29, 0.717) is 35.7 Å². The van der Waals surface area contributed by atoms with Crippen molar-refractivity contribution in [2.75, 3.05) is 11.9 Å². The fraction of sp³-hybridized carbons (Fsp3) is 0.185. The van der Waals surface area contributed by atoms with Crippen molar-refractivity contribution in [3.63, 3.8) is 0 Å². The monoisotopic (exact) mass is 520 g/mol. The average molecular weight is 521 g/mol. The Hall–Kier alpha value is -4.24. The second-order valence-corrected chi connectivity index (χ2v) is 9.13. The highest BCUT2D eigenvalue weighted by atomic mass is 35.5. The largest absolute Gasteiger partial charge is 0.481 e. The Bertz CT molecular complexity index is 1450. The molecule has 188 valence electrons. The molecule has 8 nitrogen and oxygen atoms in total. The minimum absolute atomic E-state index is 0.0634. The van der Waals surface area contributed by atoms with E-state index >= 15 is 0 Å². The van der Waals surface area contributed by atoms with Crippen molar-refractivity contribution < 1.29 is 23.8 Å². The molecule has 0 atom stereocenters. The first kappa shape index (κ1) is 24.5.